The van der Waals surface area contributed by atoms with E-state index in [1.165, 1.54) is 24.5 Å². The van der Waals surface area contributed by atoms with Crippen molar-refractivity contribution in [3.05, 3.63) is 36.7 Å². The Hall–Kier alpha value is -2.37. The minimum Gasteiger partial charge on any atom is -0.478 e. The number of ether oxygens (including phenoxy) is 1. The molecule has 1 heterocycles. The van der Waals surface area contributed by atoms with E-state index in [-0.39, 0.29) is 17.9 Å². The summed E-state index contributed by atoms with van der Waals surface area (Å²) in [4.78, 5) is 25.6. The van der Waals surface area contributed by atoms with Crippen molar-refractivity contribution in [1.29, 1.82) is 0 Å². The minimum atomic E-state index is -1.15. The summed E-state index contributed by atoms with van der Waals surface area (Å²) in [6.07, 6.45) is 3.21. The molecule has 84 valence electrons. The van der Waals surface area contributed by atoms with Gasteiger partial charge in [0.25, 0.3) is 0 Å². The van der Waals surface area contributed by atoms with Gasteiger partial charge >= 0.3 is 12.1 Å². The molecule has 1 rings (SSSR count). The van der Waals surface area contributed by atoms with Gasteiger partial charge in [0.2, 0.25) is 0 Å². The van der Waals surface area contributed by atoms with E-state index in [9.17, 15) is 9.59 Å². The van der Waals surface area contributed by atoms with Crippen LogP contribution < -0.4 is 5.32 Å². The monoisotopic (exact) mass is 222 g/mol. The highest BCUT2D eigenvalue weighted by atomic mass is 16.5. The number of amides is 1. The van der Waals surface area contributed by atoms with Gasteiger partial charge in [-0.1, -0.05) is 12.7 Å². The molecule has 0 unspecified atom stereocenters. The molecular weight excluding hydrogens is 212 g/mol. The van der Waals surface area contributed by atoms with Crippen LogP contribution in [0.5, 0.6) is 0 Å². The van der Waals surface area contributed by atoms with Crippen LogP contribution in [0.15, 0.2) is 31.1 Å². The van der Waals surface area contributed by atoms with Crippen LogP contribution in [-0.2, 0) is 4.74 Å². The number of hydrogen-bond donors (Lipinski definition) is 2. The predicted octanol–water partition coefficient (Wildman–Crippen LogP) is 1.51. The number of hydrogen-bond acceptors (Lipinski definition) is 4. The SMILES string of the molecule is C=CCOC(=O)Nc1cnccc1C(=O)O. The lowest BCUT2D eigenvalue weighted by Gasteiger charge is -2.07. The van der Waals surface area contributed by atoms with Crippen LogP contribution >= 0.6 is 0 Å². The molecule has 0 saturated carbocycles. The van der Waals surface area contributed by atoms with Crippen LogP contribution in [0.1, 0.15) is 10.4 Å². The molecule has 1 amide bonds. The predicted molar refractivity (Wildman–Crippen MR) is 56.4 cm³/mol. The highest BCUT2D eigenvalue weighted by Gasteiger charge is 2.12. The summed E-state index contributed by atoms with van der Waals surface area (Å²) < 4.78 is 4.64. The number of carbonyl (C=O) groups excluding carboxylic acids is 1. The van der Waals surface area contributed by atoms with Crippen LogP contribution in [-0.4, -0.2) is 28.8 Å². The largest absolute Gasteiger partial charge is 0.478 e. The van der Waals surface area contributed by atoms with Gasteiger partial charge in [0.15, 0.2) is 0 Å². The average molecular weight is 222 g/mol. The first kappa shape index (κ1) is 11.7. The van der Waals surface area contributed by atoms with Crippen molar-refractivity contribution in [3.8, 4) is 0 Å². The zero-order valence-corrected chi connectivity index (χ0v) is 8.34. The van der Waals surface area contributed by atoms with E-state index in [1.54, 1.807) is 0 Å². The third-order valence-electron chi connectivity index (χ3n) is 1.62. The van der Waals surface area contributed by atoms with E-state index < -0.39 is 12.1 Å². The first-order valence-corrected chi connectivity index (χ1v) is 4.37. The zero-order chi connectivity index (χ0) is 12.0. The Morgan fingerprint density at radius 3 is 3.00 bits per heavy atom. The van der Waals surface area contributed by atoms with Crippen LogP contribution in [0.25, 0.3) is 0 Å². The number of carboxylic acids is 1. The van der Waals surface area contributed by atoms with E-state index in [2.05, 4.69) is 21.6 Å². The number of aromatic carboxylic acids is 1. The van der Waals surface area contributed by atoms with Crippen molar-refractivity contribution in [3.63, 3.8) is 0 Å². The summed E-state index contributed by atoms with van der Waals surface area (Å²) in [5, 5.41) is 11.1. The van der Waals surface area contributed by atoms with Crippen molar-refractivity contribution in [2.45, 2.75) is 0 Å². The second kappa shape index (κ2) is 5.50. The average Bonchev–Trinajstić information content (AvgIpc) is 2.27. The summed E-state index contributed by atoms with van der Waals surface area (Å²) in [5.41, 5.74) is 0.0367. The fourth-order valence-electron chi connectivity index (χ4n) is 0.961. The first-order valence-electron chi connectivity index (χ1n) is 4.37. The molecule has 1 aromatic rings. The fourth-order valence-corrected chi connectivity index (χ4v) is 0.961. The Bertz CT molecular complexity index is 417. The van der Waals surface area contributed by atoms with Crippen molar-refractivity contribution in [2.24, 2.45) is 0 Å². The molecule has 6 nitrogen and oxygen atoms in total. The number of anilines is 1. The van der Waals surface area contributed by atoms with Crippen molar-refractivity contribution < 1.29 is 19.4 Å². The number of rotatable bonds is 4. The summed E-state index contributed by atoms with van der Waals surface area (Å²) >= 11 is 0. The number of carbonyl (C=O) groups is 2. The first-order chi connectivity index (χ1) is 7.65. The molecule has 0 saturated heterocycles. The number of carboxylic acid groups (broad SMARTS) is 1. The van der Waals surface area contributed by atoms with E-state index in [0.717, 1.165) is 0 Å². The lowest BCUT2D eigenvalue weighted by atomic mass is 10.2. The van der Waals surface area contributed by atoms with Crippen LogP contribution in [0.4, 0.5) is 10.5 Å². The van der Waals surface area contributed by atoms with Gasteiger partial charge in [0.1, 0.15) is 6.61 Å². The summed E-state index contributed by atoms with van der Waals surface area (Å²) in [6.45, 7) is 3.42. The van der Waals surface area contributed by atoms with E-state index in [0.29, 0.717) is 0 Å². The number of aromatic nitrogens is 1. The molecule has 0 spiro atoms. The van der Waals surface area contributed by atoms with Crippen molar-refractivity contribution in [2.75, 3.05) is 11.9 Å². The second-order valence-electron chi connectivity index (χ2n) is 2.74. The van der Waals surface area contributed by atoms with Crippen LogP contribution in [0, 0.1) is 0 Å². The molecule has 0 aliphatic rings. The van der Waals surface area contributed by atoms with Crippen molar-refractivity contribution >= 4 is 17.7 Å². The third-order valence-corrected chi connectivity index (χ3v) is 1.62. The molecule has 0 aromatic carbocycles. The summed E-state index contributed by atoms with van der Waals surface area (Å²) in [5.74, 6) is -1.15. The van der Waals surface area contributed by atoms with E-state index in [4.69, 9.17) is 5.11 Å². The topological polar surface area (TPSA) is 88.5 Å². The van der Waals surface area contributed by atoms with Gasteiger partial charge in [-0.15, -0.1) is 0 Å². The number of pyridine rings is 1. The Morgan fingerprint density at radius 2 is 2.38 bits per heavy atom. The normalized spacial score (nSPS) is 9.25. The van der Waals surface area contributed by atoms with Gasteiger partial charge in [-0.05, 0) is 6.07 Å². The molecular formula is C10H10N2O4. The van der Waals surface area contributed by atoms with Gasteiger partial charge in [-0.25, -0.2) is 9.59 Å². The highest BCUT2D eigenvalue weighted by molar-refractivity contribution is 5.98. The van der Waals surface area contributed by atoms with Crippen molar-refractivity contribution in [1.82, 2.24) is 4.98 Å². The smallest absolute Gasteiger partial charge is 0.412 e. The minimum absolute atomic E-state index is 0.0501. The standard InChI is InChI=1S/C10H10N2O4/c1-2-5-16-10(15)12-8-6-11-4-3-7(8)9(13)14/h2-4,6H,1,5H2,(H,12,15)(H,13,14). The molecule has 0 atom stereocenters. The Kier molecular flexibility index (Phi) is 4.02. The highest BCUT2D eigenvalue weighted by Crippen LogP contribution is 2.13. The number of nitrogens with one attached hydrogen (secondary N) is 1. The maximum atomic E-state index is 11.1. The molecule has 2 N–H and O–H groups in total. The zero-order valence-electron chi connectivity index (χ0n) is 8.34. The summed E-state index contributed by atoms with van der Waals surface area (Å²) in [7, 11) is 0. The van der Waals surface area contributed by atoms with Crippen LogP contribution in [0.2, 0.25) is 0 Å². The van der Waals surface area contributed by atoms with Gasteiger partial charge in [0.05, 0.1) is 17.4 Å². The second-order valence-corrected chi connectivity index (χ2v) is 2.74. The maximum absolute atomic E-state index is 11.1. The Morgan fingerprint density at radius 1 is 1.62 bits per heavy atom. The van der Waals surface area contributed by atoms with E-state index >= 15 is 0 Å². The van der Waals surface area contributed by atoms with Gasteiger partial charge in [-0.3, -0.25) is 10.3 Å². The molecule has 0 radical (unpaired) electrons. The van der Waals surface area contributed by atoms with E-state index in [1.807, 2.05) is 0 Å². The van der Waals surface area contributed by atoms with Gasteiger partial charge in [-0.2, -0.15) is 0 Å². The molecule has 6 heteroatoms. The molecule has 1 aromatic heterocycles. The number of nitrogens with zero attached hydrogens (tertiary/aromatic N) is 1. The summed E-state index contributed by atoms with van der Waals surface area (Å²) in [6, 6.07) is 1.28. The van der Waals surface area contributed by atoms with Crippen LogP contribution in [0.3, 0.4) is 0 Å². The Labute approximate surface area is 91.6 Å². The van der Waals surface area contributed by atoms with Gasteiger partial charge in [0, 0.05) is 6.20 Å². The lowest BCUT2D eigenvalue weighted by Crippen LogP contribution is -2.16. The lowest BCUT2D eigenvalue weighted by molar-refractivity contribution is 0.0698. The molecule has 0 aliphatic carbocycles. The Balaban J connectivity index is 2.76. The fraction of sp³-hybridized carbons (Fsp3) is 0.100. The quantitative estimate of drug-likeness (QED) is 0.754. The van der Waals surface area contributed by atoms with Gasteiger partial charge < -0.3 is 9.84 Å². The maximum Gasteiger partial charge on any atom is 0.412 e. The molecule has 16 heavy (non-hydrogen) atoms. The third kappa shape index (κ3) is 3.09. The molecule has 0 bridgehead atoms. The molecule has 0 fully saturated rings. The molecule has 0 aliphatic heterocycles.